The number of hydrogen-bond donors (Lipinski definition) is 2. The highest BCUT2D eigenvalue weighted by atomic mass is 31.1. The Morgan fingerprint density at radius 3 is 2.13 bits per heavy atom. The molecule has 2 rings (SSSR count). The second-order valence-electron chi connectivity index (χ2n) is 6.22. The molecule has 2 aromatic rings. The fourth-order valence-corrected chi connectivity index (χ4v) is 2.50. The molecule has 4 nitrogen and oxygen atoms in total. The minimum atomic E-state index is -0.548. The molecule has 23 heavy (non-hydrogen) atoms. The van der Waals surface area contributed by atoms with E-state index in [2.05, 4.69) is 5.32 Å². The first-order valence-electron chi connectivity index (χ1n) is 7.43. The summed E-state index contributed by atoms with van der Waals surface area (Å²) in [6, 6.07) is 17.0. The first-order chi connectivity index (χ1) is 10.9. The summed E-state index contributed by atoms with van der Waals surface area (Å²) < 4.78 is 5.37. The fraction of sp³-hybridized carbons (Fsp3) is 0.278. The average molecular weight is 331 g/mol. The van der Waals surface area contributed by atoms with Crippen LogP contribution in [0.3, 0.4) is 0 Å². The maximum atomic E-state index is 12.2. The van der Waals surface area contributed by atoms with Gasteiger partial charge in [-0.2, -0.15) is 0 Å². The molecule has 0 heterocycles. The number of alkyl carbamates (subject to hydrolysis) is 1. The lowest BCUT2D eigenvalue weighted by Crippen LogP contribution is -2.35. The van der Waals surface area contributed by atoms with Crippen LogP contribution < -0.4 is 10.6 Å². The normalized spacial score (nSPS) is 13.0. The first kappa shape index (κ1) is 17.5. The summed E-state index contributed by atoms with van der Waals surface area (Å²) in [5, 5.41) is 3.78. The van der Waals surface area contributed by atoms with Crippen LogP contribution in [0, 0.1) is 0 Å². The van der Waals surface area contributed by atoms with Crippen LogP contribution in [0.25, 0.3) is 0 Å². The highest BCUT2D eigenvalue weighted by molar-refractivity contribution is 7.40. The third kappa shape index (κ3) is 5.34. The number of carbonyl (C=O) groups excluding carboxylic acids is 1. The van der Waals surface area contributed by atoms with Crippen LogP contribution in [-0.4, -0.2) is 16.6 Å². The molecule has 0 aliphatic rings. The molecule has 0 saturated heterocycles. The minimum absolute atomic E-state index is 0.237. The SMILES string of the molecule is CC(C)(C)OC(=O)NC(c1ccccc1)c1ccc(PO)cc1. The van der Waals surface area contributed by atoms with E-state index in [-0.39, 0.29) is 14.8 Å². The van der Waals surface area contributed by atoms with E-state index in [1.165, 1.54) is 0 Å². The highest BCUT2D eigenvalue weighted by Gasteiger charge is 2.21. The van der Waals surface area contributed by atoms with Gasteiger partial charge in [0.2, 0.25) is 0 Å². The Morgan fingerprint density at radius 2 is 1.61 bits per heavy atom. The van der Waals surface area contributed by atoms with Crippen molar-refractivity contribution in [3.63, 3.8) is 0 Å². The molecule has 0 radical (unpaired) electrons. The number of nitrogens with one attached hydrogen (secondary N) is 1. The van der Waals surface area contributed by atoms with E-state index in [4.69, 9.17) is 4.74 Å². The minimum Gasteiger partial charge on any atom is -0.444 e. The van der Waals surface area contributed by atoms with Gasteiger partial charge in [0.15, 0.2) is 0 Å². The molecule has 0 spiro atoms. The second kappa shape index (κ2) is 7.58. The lowest BCUT2D eigenvalue weighted by Gasteiger charge is -2.24. The third-order valence-corrected chi connectivity index (χ3v) is 3.76. The van der Waals surface area contributed by atoms with Gasteiger partial charge in [-0.25, -0.2) is 4.79 Å². The van der Waals surface area contributed by atoms with Gasteiger partial charge in [-0.15, -0.1) is 0 Å². The van der Waals surface area contributed by atoms with Crippen molar-refractivity contribution < 1.29 is 14.4 Å². The average Bonchev–Trinajstić information content (AvgIpc) is 2.52. The first-order valence-corrected chi connectivity index (χ1v) is 8.38. The highest BCUT2D eigenvalue weighted by Crippen LogP contribution is 2.23. The molecule has 0 saturated carbocycles. The van der Waals surface area contributed by atoms with E-state index >= 15 is 0 Å². The molecule has 0 aliphatic carbocycles. The van der Waals surface area contributed by atoms with Crippen molar-refractivity contribution in [3.05, 3.63) is 65.7 Å². The van der Waals surface area contributed by atoms with Crippen LogP contribution in [-0.2, 0) is 4.74 Å². The number of amides is 1. The number of hydrogen-bond acceptors (Lipinski definition) is 3. The zero-order valence-electron chi connectivity index (χ0n) is 13.5. The van der Waals surface area contributed by atoms with Gasteiger partial charge in [-0.05, 0) is 37.2 Å². The van der Waals surface area contributed by atoms with Gasteiger partial charge < -0.3 is 14.9 Å². The zero-order valence-corrected chi connectivity index (χ0v) is 14.5. The summed E-state index contributed by atoms with van der Waals surface area (Å²) in [4.78, 5) is 21.4. The quantitative estimate of drug-likeness (QED) is 0.843. The number of rotatable bonds is 4. The Morgan fingerprint density at radius 1 is 1.04 bits per heavy atom. The fourth-order valence-electron chi connectivity index (χ4n) is 2.18. The standard InChI is InChI=1S/C18H22NO3P/c1-18(2,3)22-17(20)19-16(13-7-5-4-6-8-13)14-9-11-15(23-21)12-10-14/h4-12,16,21,23H,1-3H3,(H,19,20). The molecule has 2 unspecified atom stereocenters. The Balaban J connectivity index is 2.27. The predicted octanol–water partition coefficient (Wildman–Crippen LogP) is 3.51. The molecular weight excluding hydrogens is 309 g/mol. The van der Waals surface area contributed by atoms with Gasteiger partial charge in [0.1, 0.15) is 5.60 Å². The Hall–Kier alpha value is -1.90. The Labute approximate surface area is 138 Å². The van der Waals surface area contributed by atoms with Gasteiger partial charge >= 0.3 is 6.09 Å². The topological polar surface area (TPSA) is 58.6 Å². The number of ether oxygens (including phenoxy) is 1. The maximum Gasteiger partial charge on any atom is 0.408 e. The summed E-state index contributed by atoms with van der Waals surface area (Å²) in [5.74, 6) is 0. The van der Waals surface area contributed by atoms with E-state index in [9.17, 15) is 9.69 Å². The summed E-state index contributed by atoms with van der Waals surface area (Å²) in [6.07, 6.45) is -0.459. The van der Waals surface area contributed by atoms with E-state index < -0.39 is 11.7 Å². The lowest BCUT2D eigenvalue weighted by atomic mass is 9.99. The van der Waals surface area contributed by atoms with Crippen molar-refractivity contribution in [1.82, 2.24) is 5.32 Å². The van der Waals surface area contributed by atoms with Gasteiger partial charge in [-0.3, -0.25) is 0 Å². The summed E-state index contributed by atoms with van der Waals surface area (Å²) in [6.45, 7) is 5.50. The van der Waals surface area contributed by atoms with Crippen molar-refractivity contribution in [3.8, 4) is 0 Å². The molecule has 0 fully saturated rings. The molecule has 5 heteroatoms. The predicted molar refractivity (Wildman–Crippen MR) is 94.3 cm³/mol. The van der Waals surface area contributed by atoms with Gasteiger partial charge in [0.25, 0.3) is 0 Å². The monoisotopic (exact) mass is 331 g/mol. The lowest BCUT2D eigenvalue weighted by molar-refractivity contribution is 0.0512. The van der Waals surface area contributed by atoms with Gasteiger partial charge in [0.05, 0.1) is 6.04 Å². The summed E-state index contributed by atoms with van der Waals surface area (Å²) in [5.41, 5.74) is 1.36. The van der Waals surface area contributed by atoms with E-state index in [1.54, 1.807) is 0 Å². The van der Waals surface area contributed by atoms with Gasteiger partial charge in [0, 0.05) is 8.81 Å². The van der Waals surface area contributed by atoms with Crippen molar-refractivity contribution in [1.29, 1.82) is 0 Å². The van der Waals surface area contributed by atoms with Gasteiger partial charge in [-0.1, -0.05) is 54.6 Å². The van der Waals surface area contributed by atoms with E-state index in [0.717, 1.165) is 16.4 Å². The van der Waals surface area contributed by atoms with Crippen LogP contribution in [0.15, 0.2) is 54.6 Å². The van der Waals surface area contributed by atoms with E-state index in [1.807, 2.05) is 75.4 Å². The summed E-state index contributed by atoms with van der Waals surface area (Å²) in [7, 11) is -0.237. The molecule has 2 aromatic carbocycles. The van der Waals surface area contributed by atoms with Crippen LogP contribution in [0.2, 0.25) is 0 Å². The molecule has 1 amide bonds. The van der Waals surface area contributed by atoms with Crippen LogP contribution in [0.1, 0.15) is 37.9 Å². The van der Waals surface area contributed by atoms with Crippen molar-refractivity contribution >= 4 is 20.2 Å². The Bertz CT molecular complexity index is 636. The molecule has 122 valence electrons. The van der Waals surface area contributed by atoms with E-state index in [0.29, 0.717) is 0 Å². The molecule has 0 aliphatic heterocycles. The zero-order chi connectivity index (χ0) is 16.9. The maximum absolute atomic E-state index is 12.2. The Kier molecular flexibility index (Phi) is 5.75. The molecule has 0 aromatic heterocycles. The largest absolute Gasteiger partial charge is 0.444 e. The smallest absolute Gasteiger partial charge is 0.408 e. The van der Waals surface area contributed by atoms with Crippen molar-refractivity contribution in [2.45, 2.75) is 32.4 Å². The third-order valence-electron chi connectivity index (χ3n) is 3.17. The molecule has 2 atom stereocenters. The van der Waals surface area contributed by atoms with Crippen LogP contribution in [0.5, 0.6) is 0 Å². The van der Waals surface area contributed by atoms with Crippen LogP contribution >= 0.6 is 8.81 Å². The summed E-state index contributed by atoms with van der Waals surface area (Å²) >= 11 is 0. The number of carbonyl (C=O) groups is 1. The second-order valence-corrected chi connectivity index (χ2v) is 7.02. The van der Waals surface area contributed by atoms with Crippen molar-refractivity contribution in [2.75, 3.05) is 0 Å². The number of benzene rings is 2. The van der Waals surface area contributed by atoms with Crippen molar-refractivity contribution in [2.24, 2.45) is 0 Å². The molecule has 0 bridgehead atoms. The molecular formula is C18H22NO3P. The molecule has 2 N–H and O–H groups in total. The van der Waals surface area contributed by atoms with Crippen LogP contribution in [0.4, 0.5) is 4.79 Å².